The molecule has 1 amide bonds. The van der Waals surface area contributed by atoms with E-state index in [4.69, 9.17) is 10.8 Å². The molecule has 0 saturated heterocycles. The molecule has 0 aliphatic carbocycles. The van der Waals surface area contributed by atoms with Crippen molar-refractivity contribution in [2.24, 2.45) is 0 Å². The summed E-state index contributed by atoms with van der Waals surface area (Å²) in [5.41, 5.74) is 1.78. The normalized spacial score (nSPS) is 11.8. The average molecular weight is 424 g/mol. The van der Waals surface area contributed by atoms with Gasteiger partial charge in [0.15, 0.2) is 5.88 Å². The van der Waals surface area contributed by atoms with Crippen molar-refractivity contribution >= 4 is 14.2 Å². The monoisotopic (exact) mass is 423 g/mol. The maximum atomic E-state index is 13.4. The van der Waals surface area contributed by atoms with Gasteiger partial charge in [-0.15, -0.1) is 18.3 Å². The third-order valence-electron chi connectivity index (χ3n) is 5.54. The molecule has 0 aromatic heterocycles. The fraction of sp³-hybridized carbons (Fsp3) is 0.500. The van der Waals surface area contributed by atoms with E-state index in [9.17, 15) is 4.79 Å². The lowest BCUT2D eigenvalue weighted by atomic mass is 10.2. The van der Waals surface area contributed by atoms with Crippen LogP contribution in [-0.4, -0.2) is 25.7 Å². The molecule has 162 valence electrons. The Morgan fingerprint density at radius 3 is 2.13 bits per heavy atom. The quantitative estimate of drug-likeness (QED) is 0.184. The molecule has 3 nitrogen and oxygen atoms in total. The van der Waals surface area contributed by atoms with Gasteiger partial charge in [-0.3, -0.25) is 9.69 Å². The van der Waals surface area contributed by atoms with E-state index in [1.54, 1.807) is 11.8 Å². The number of unbranched alkanes of at least 4 members (excludes halogenated alkanes) is 1. The molecular formula is C26H37NO2Si. The molecule has 1 rings (SSSR count). The number of carbonyl (C=O) groups is 1. The molecule has 0 aliphatic heterocycles. The minimum Gasteiger partial charge on any atom is -0.531 e. The molecule has 0 saturated carbocycles. The summed E-state index contributed by atoms with van der Waals surface area (Å²) in [6, 6.07) is 9.29. The minimum atomic E-state index is -2.26. The van der Waals surface area contributed by atoms with Crippen LogP contribution >= 0.6 is 0 Å². The van der Waals surface area contributed by atoms with Crippen LogP contribution in [0.1, 0.15) is 71.7 Å². The molecule has 0 radical (unpaired) electrons. The molecule has 0 heterocycles. The van der Waals surface area contributed by atoms with Gasteiger partial charge in [-0.05, 0) is 48.2 Å². The average Bonchev–Trinajstić information content (AvgIpc) is 2.71. The van der Waals surface area contributed by atoms with Crippen LogP contribution in [0.25, 0.3) is 0 Å². The van der Waals surface area contributed by atoms with Crippen molar-refractivity contribution in [3.05, 3.63) is 47.9 Å². The fourth-order valence-electron chi connectivity index (χ4n) is 4.17. The highest BCUT2D eigenvalue weighted by atomic mass is 28.4. The number of rotatable bonds is 10. The van der Waals surface area contributed by atoms with E-state index in [-0.39, 0.29) is 12.5 Å². The Bertz CT molecular complexity index is 785. The van der Waals surface area contributed by atoms with Crippen molar-refractivity contribution in [1.29, 1.82) is 0 Å². The minimum absolute atomic E-state index is 0.107. The highest BCUT2D eigenvalue weighted by Crippen LogP contribution is 2.44. The predicted molar refractivity (Wildman–Crippen MR) is 129 cm³/mol. The summed E-state index contributed by atoms with van der Waals surface area (Å²) in [6.45, 7) is 15.5. The number of nitrogens with zero attached hydrogens (tertiary/aromatic N) is 1. The first-order valence-electron chi connectivity index (χ1n) is 10.8. The predicted octanol–water partition coefficient (Wildman–Crippen LogP) is 6.60. The molecule has 0 fully saturated rings. The Hall–Kier alpha value is -2.43. The third-order valence-corrected chi connectivity index (χ3v) is 11.5. The highest BCUT2D eigenvalue weighted by molar-refractivity contribution is 6.77. The molecule has 0 N–H and O–H groups in total. The molecule has 0 unspecified atom stereocenters. The topological polar surface area (TPSA) is 29.5 Å². The summed E-state index contributed by atoms with van der Waals surface area (Å²) in [7, 11) is -2.26. The van der Waals surface area contributed by atoms with Crippen LogP contribution in [-0.2, 0) is 4.43 Å². The van der Waals surface area contributed by atoms with E-state index >= 15 is 0 Å². The molecule has 4 heteroatoms. The molecular weight excluding hydrogens is 386 g/mol. The van der Waals surface area contributed by atoms with Crippen LogP contribution in [0, 0.1) is 24.2 Å². The van der Waals surface area contributed by atoms with E-state index in [0.29, 0.717) is 40.9 Å². The van der Waals surface area contributed by atoms with Crippen molar-refractivity contribution in [1.82, 2.24) is 4.90 Å². The van der Waals surface area contributed by atoms with Crippen LogP contribution in [0.3, 0.4) is 0 Å². The first kappa shape index (κ1) is 25.6. The number of hydrogen-bond acceptors (Lipinski definition) is 2. The van der Waals surface area contributed by atoms with Crippen molar-refractivity contribution < 1.29 is 9.22 Å². The van der Waals surface area contributed by atoms with Crippen molar-refractivity contribution in [2.45, 2.75) is 77.9 Å². The maximum Gasteiger partial charge on any atom is 0.261 e. The summed E-state index contributed by atoms with van der Waals surface area (Å²) in [6.07, 6.45) is 8.71. The Morgan fingerprint density at radius 1 is 1.10 bits per heavy atom. The van der Waals surface area contributed by atoms with Crippen molar-refractivity contribution in [2.75, 3.05) is 6.54 Å². The fourth-order valence-corrected chi connectivity index (χ4v) is 9.43. The zero-order chi connectivity index (χ0) is 22.7. The molecule has 1 aromatic rings. The van der Waals surface area contributed by atoms with Crippen LogP contribution in [0.2, 0.25) is 16.6 Å². The molecule has 0 atom stereocenters. The molecule has 30 heavy (non-hydrogen) atoms. The summed E-state index contributed by atoms with van der Waals surface area (Å²) in [5.74, 6) is 9.13. The summed E-state index contributed by atoms with van der Waals surface area (Å²) in [4.78, 5) is 15.1. The molecule has 0 bridgehead atoms. The number of amides is 1. The first-order chi connectivity index (χ1) is 14.2. The smallest absolute Gasteiger partial charge is 0.261 e. The van der Waals surface area contributed by atoms with Gasteiger partial charge >= 0.3 is 0 Å². The van der Waals surface area contributed by atoms with Crippen LogP contribution in [0.15, 0.2) is 42.3 Å². The Labute approximate surface area is 185 Å². The van der Waals surface area contributed by atoms with E-state index in [2.05, 4.69) is 59.3 Å². The van der Waals surface area contributed by atoms with Gasteiger partial charge in [0, 0.05) is 12.0 Å². The van der Waals surface area contributed by atoms with Gasteiger partial charge in [-0.2, -0.15) is 0 Å². The van der Waals surface area contributed by atoms with Gasteiger partial charge in [0.2, 0.25) is 0 Å². The van der Waals surface area contributed by atoms with Crippen LogP contribution in [0.4, 0.5) is 0 Å². The van der Waals surface area contributed by atoms with Crippen molar-refractivity contribution in [3.63, 3.8) is 0 Å². The Kier molecular flexibility index (Phi) is 10.5. The summed E-state index contributed by atoms with van der Waals surface area (Å²) in [5, 5.41) is 0. The third kappa shape index (κ3) is 6.28. The first-order valence-corrected chi connectivity index (χ1v) is 12.9. The van der Waals surface area contributed by atoms with Gasteiger partial charge in [-0.1, -0.05) is 65.7 Å². The Morgan fingerprint density at radius 2 is 1.67 bits per heavy atom. The second-order valence-electron chi connectivity index (χ2n) is 8.39. The second kappa shape index (κ2) is 12.3. The standard InChI is InChI=1S/C26H37NO2Si/c1-9-11-14-19-25(29-30(21(3)4,22(5)6)23(7)8)27(20-12-10-2)26(28)24-17-15-13-16-18-24/h1,13,15-19,21-23H,11,14,20H2,2-8H3/b25-19-. The van der Waals surface area contributed by atoms with E-state index < -0.39 is 8.32 Å². The summed E-state index contributed by atoms with van der Waals surface area (Å²) < 4.78 is 6.94. The lowest BCUT2D eigenvalue weighted by Gasteiger charge is -2.44. The SMILES string of the molecule is C#CCC/C=C(\O[Si](C(C)C)(C(C)C)C(C)C)N(CC#CC)C(=O)c1ccccc1. The van der Waals surface area contributed by atoms with Gasteiger partial charge in [0.1, 0.15) is 0 Å². The second-order valence-corrected chi connectivity index (χ2v) is 13.8. The van der Waals surface area contributed by atoms with E-state index in [1.165, 1.54) is 0 Å². The zero-order valence-corrected chi connectivity index (χ0v) is 20.7. The molecule has 0 aliphatic rings. The molecule has 0 spiro atoms. The Balaban J connectivity index is 3.52. The van der Waals surface area contributed by atoms with Gasteiger partial charge in [0.25, 0.3) is 14.2 Å². The number of allylic oxidation sites excluding steroid dienone is 1. The van der Waals surface area contributed by atoms with E-state index in [0.717, 1.165) is 0 Å². The summed E-state index contributed by atoms with van der Waals surface area (Å²) >= 11 is 0. The maximum absolute atomic E-state index is 13.4. The number of terminal acetylenes is 1. The number of benzene rings is 1. The van der Waals surface area contributed by atoms with Gasteiger partial charge in [0.05, 0.1) is 6.54 Å². The van der Waals surface area contributed by atoms with E-state index in [1.807, 2.05) is 36.4 Å². The van der Waals surface area contributed by atoms with Crippen LogP contribution < -0.4 is 0 Å². The van der Waals surface area contributed by atoms with Crippen molar-refractivity contribution in [3.8, 4) is 24.2 Å². The molecule has 1 aromatic carbocycles. The zero-order valence-electron chi connectivity index (χ0n) is 19.7. The lowest BCUT2D eigenvalue weighted by molar-refractivity contribution is 0.0752. The number of carbonyl (C=O) groups excluding carboxylic acids is 1. The van der Waals surface area contributed by atoms with Crippen LogP contribution in [0.5, 0.6) is 0 Å². The lowest BCUT2D eigenvalue weighted by Crippen LogP contribution is -2.50. The highest BCUT2D eigenvalue weighted by Gasteiger charge is 2.48. The largest absolute Gasteiger partial charge is 0.531 e. The van der Waals surface area contributed by atoms with Gasteiger partial charge in [-0.25, -0.2) is 0 Å². The number of hydrogen-bond donors (Lipinski definition) is 0. The van der Waals surface area contributed by atoms with Gasteiger partial charge < -0.3 is 4.43 Å².